The minimum Gasteiger partial charge on any atom is -0.488 e. The number of nitrogens with zero attached hydrogens (tertiary/aromatic N) is 1. The molecule has 0 aliphatic rings. The Morgan fingerprint density at radius 3 is 2.50 bits per heavy atom. The van der Waals surface area contributed by atoms with Crippen molar-refractivity contribution in [3.05, 3.63) is 96.2 Å². The third-order valence-corrected chi connectivity index (χ3v) is 4.30. The molecule has 3 heteroatoms. The Hall–Kier alpha value is -3.46. The molecule has 126 valence electrons. The molecule has 0 radical (unpaired) electrons. The normalized spacial score (nSPS) is 10.6. The molecule has 0 atom stereocenters. The summed E-state index contributed by atoms with van der Waals surface area (Å²) in [7, 11) is 0. The lowest BCUT2D eigenvalue weighted by Gasteiger charge is -2.11. The Balaban J connectivity index is 1.62. The van der Waals surface area contributed by atoms with E-state index in [2.05, 4.69) is 11.1 Å². The van der Waals surface area contributed by atoms with Crippen LogP contribution in [0.2, 0.25) is 0 Å². The molecule has 0 unspecified atom stereocenters. The summed E-state index contributed by atoms with van der Waals surface area (Å²) in [5, 5.41) is 1.07. The largest absolute Gasteiger partial charge is 0.488 e. The molecule has 1 heterocycles. The molecule has 0 saturated carbocycles. The van der Waals surface area contributed by atoms with Gasteiger partial charge in [0.2, 0.25) is 0 Å². The summed E-state index contributed by atoms with van der Waals surface area (Å²) >= 11 is 0. The lowest BCUT2D eigenvalue weighted by Crippen LogP contribution is -1.98. The van der Waals surface area contributed by atoms with E-state index in [0.29, 0.717) is 17.9 Å². The van der Waals surface area contributed by atoms with E-state index in [4.69, 9.17) is 4.74 Å². The average molecular weight is 339 g/mol. The van der Waals surface area contributed by atoms with E-state index in [0.717, 1.165) is 33.9 Å². The minimum atomic E-state index is 0.429. The first-order chi connectivity index (χ1) is 12.8. The topological polar surface area (TPSA) is 39.2 Å². The van der Waals surface area contributed by atoms with Crippen LogP contribution in [0, 0.1) is 0 Å². The van der Waals surface area contributed by atoms with Crippen molar-refractivity contribution in [1.82, 2.24) is 4.98 Å². The maximum Gasteiger partial charge on any atom is 0.153 e. The molecule has 1 aromatic heterocycles. The summed E-state index contributed by atoms with van der Waals surface area (Å²) in [5.74, 6) is 0.585. The minimum absolute atomic E-state index is 0.429. The molecule has 26 heavy (non-hydrogen) atoms. The van der Waals surface area contributed by atoms with Gasteiger partial charge < -0.3 is 4.74 Å². The van der Waals surface area contributed by atoms with Crippen LogP contribution in [0.1, 0.15) is 15.9 Å². The van der Waals surface area contributed by atoms with Crippen molar-refractivity contribution in [1.29, 1.82) is 0 Å². The highest BCUT2D eigenvalue weighted by Gasteiger charge is 2.08. The van der Waals surface area contributed by atoms with Gasteiger partial charge in [0.1, 0.15) is 12.4 Å². The summed E-state index contributed by atoms with van der Waals surface area (Å²) in [4.78, 5) is 16.0. The lowest BCUT2D eigenvalue weighted by molar-refractivity contribution is 0.111. The number of hydrogen-bond acceptors (Lipinski definition) is 3. The Labute approximate surface area is 151 Å². The van der Waals surface area contributed by atoms with Gasteiger partial charge in [-0.25, -0.2) is 0 Å². The van der Waals surface area contributed by atoms with E-state index in [9.17, 15) is 4.79 Å². The standard InChI is InChI=1S/C23H17NO2/c25-15-21-12-18(20-13-19-8-4-5-9-22(19)24-14-20)10-11-23(21)26-16-17-6-2-1-3-7-17/h1-15H,16H2. The van der Waals surface area contributed by atoms with Gasteiger partial charge in [-0.3, -0.25) is 9.78 Å². The first-order valence-corrected chi connectivity index (χ1v) is 8.44. The lowest BCUT2D eigenvalue weighted by atomic mass is 10.0. The highest BCUT2D eigenvalue weighted by atomic mass is 16.5. The van der Waals surface area contributed by atoms with Crippen molar-refractivity contribution < 1.29 is 9.53 Å². The van der Waals surface area contributed by atoms with Gasteiger partial charge in [-0.15, -0.1) is 0 Å². The van der Waals surface area contributed by atoms with Gasteiger partial charge >= 0.3 is 0 Å². The predicted octanol–water partition coefficient (Wildman–Crippen LogP) is 5.29. The number of benzene rings is 3. The number of carbonyl (C=O) groups excluding carboxylic acids is 1. The number of ether oxygens (including phenoxy) is 1. The average Bonchev–Trinajstić information content (AvgIpc) is 2.72. The fourth-order valence-corrected chi connectivity index (χ4v) is 2.92. The monoisotopic (exact) mass is 339 g/mol. The van der Waals surface area contributed by atoms with Crippen LogP contribution in [0.4, 0.5) is 0 Å². The van der Waals surface area contributed by atoms with Gasteiger partial charge in [0.05, 0.1) is 11.1 Å². The van der Waals surface area contributed by atoms with Crippen molar-refractivity contribution in [2.45, 2.75) is 6.61 Å². The van der Waals surface area contributed by atoms with Crippen LogP contribution in [-0.2, 0) is 6.61 Å². The Bertz CT molecular complexity index is 1060. The van der Waals surface area contributed by atoms with Crippen LogP contribution in [0.3, 0.4) is 0 Å². The molecule has 0 bridgehead atoms. The zero-order valence-corrected chi connectivity index (χ0v) is 14.1. The number of para-hydroxylation sites is 1. The molecule has 0 aliphatic carbocycles. The quantitative estimate of drug-likeness (QED) is 0.464. The zero-order valence-electron chi connectivity index (χ0n) is 14.1. The fourth-order valence-electron chi connectivity index (χ4n) is 2.92. The van der Waals surface area contributed by atoms with E-state index in [1.54, 1.807) is 0 Å². The Morgan fingerprint density at radius 2 is 1.65 bits per heavy atom. The summed E-state index contributed by atoms with van der Waals surface area (Å²) in [5.41, 5.74) is 4.47. The van der Waals surface area contributed by atoms with Gasteiger partial charge in [-0.1, -0.05) is 54.6 Å². The maximum atomic E-state index is 11.5. The molecule has 3 nitrogen and oxygen atoms in total. The second-order valence-corrected chi connectivity index (χ2v) is 6.06. The van der Waals surface area contributed by atoms with Crippen LogP contribution >= 0.6 is 0 Å². The molecule has 0 spiro atoms. The third kappa shape index (κ3) is 3.33. The van der Waals surface area contributed by atoms with E-state index >= 15 is 0 Å². The number of hydrogen-bond donors (Lipinski definition) is 0. The number of fused-ring (bicyclic) bond motifs is 1. The van der Waals surface area contributed by atoms with Crippen molar-refractivity contribution in [2.75, 3.05) is 0 Å². The molecule has 0 amide bonds. The van der Waals surface area contributed by atoms with E-state index in [1.165, 1.54) is 0 Å². The molecule has 0 fully saturated rings. The fraction of sp³-hybridized carbons (Fsp3) is 0.0435. The van der Waals surface area contributed by atoms with Crippen molar-refractivity contribution in [3.8, 4) is 16.9 Å². The number of carbonyl (C=O) groups is 1. The SMILES string of the molecule is O=Cc1cc(-c2cnc3ccccc3c2)ccc1OCc1ccccc1. The highest BCUT2D eigenvalue weighted by Crippen LogP contribution is 2.28. The third-order valence-electron chi connectivity index (χ3n) is 4.30. The van der Waals surface area contributed by atoms with Crippen LogP contribution in [-0.4, -0.2) is 11.3 Å². The predicted molar refractivity (Wildman–Crippen MR) is 103 cm³/mol. The van der Waals surface area contributed by atoms with Gasteiger partial charge in [-0.05, 0) is 35.4 Å². The van der Waals surface area contributed by atoms with Crippen LogP contribution in [0.15, 0.2) is 85.1 Å². The highest BCUT2D eigenvalue weighted by molar-refractivity contribution is 5.86. The number of aromatic nitrogens is 1. The molecule has 4 rings (SSSR count). The summed E-state index contributed by atoms with van der Waals surface area (Å²) < 4.78 is 5.83. The van der Waals surface area contributed by atoms with E-state index < -0.39 is 0 Å². The van der Waals surface area contributed by atoms with Gasteiger partial charge in [0.25, 0.3) is 0 Å². The van der Waals surface area contributed by atoms with Gasteiger partial charge in [-0.2, -0.15) is 0 Å². The summed E-state index contributed by atoms with van der Waals surface area (Å²) in [6, 6.07) is 25.6. The number of pyridine rings is 1. The first-order valence-electron chi connectivity index (χ1n) is 8.44. The molecule has 3 aromatic carbocycles. The molecule has 0 saturated heterocycles. The van der Waals surface area contributed by atoms with Gasteiger partial charge in [0.15, 0.2) is 6.29 Å². The molecule has 0 N–H and O–H groups in total. The maximum absolute atomic E-state index is 11.5. The Morgan fingerprint density at radius 1 is 0.846 bits per heavy atom. The molecular weight excluding hydrogens is 322 g/mol. The van der Waals surface area contributed by atoms with Crippen molar-refractivity contribution in [3.63, 3.8) is 0 Å². The van der Waals surface area contributed by atoms with Crippen LogP contribution in [0.25, 0.3) is 22.0 Å². The number of rotatable bonds is 5. The molecule has 4 aromatic rings. The first kappa shape index (κ1) is 16.0. The molecular formula is C23H17NO2. The second-order valence-electron chi connectivity index (χ2n) is 6.06. The van der Waals surface area contributed by atoms with Crippen molar-refractivity contribution in [2.24, 2.45) is 0 Å². The van der Waals surface area contributed by atoms with Gasteiger partial charge in [0, 0.05) is 17.1 Å². The summed E-state index contributed by atoms with van der Waals surface area (Å²) in [6.45, 7) is 0.429. The van der Waals surface area contributed by atoms with Crippen LogP contribution < -0.4 is 4.74 Å². The smallest absolute Gasteiger partial charge is 0.153 e. The summed E-state index contributed by atoms with van der Waals surface area (Å²) in [6.07, 6.45) is 2.66. The van der Waals surface area contributed by atoms with Crippen LogP contribution in [0.5, 0.6) is 5.75 Å². The van der Waals surface area contributed by atoms with E-state index in [1.807, 2.05) is 79.0 Å². The van der Waals surface area contributed by atoms with Crippen molar-refractivity contribution >= 4 is 17.2 Å². The Kier molecular flexibility index (Phi) is 4.44. The molecule has 0 aliphatic heterocycles. The second kappa shape index (κ2) is 7.19. The zero-order chi connectivity index (χ0) is 17.8. The van der Waals surface area contributed by atoms with E-state index in [-0.39, 0.29) is 0 Å². The number of aldehydes is 1.